The molecular formula is C11H10ClF2N3. The van der Waals surface area contributed by atoms with Gasteiger partial charge in [-0.05, 0) is 25.1 Å². The van der Waals surface area contributed by atoms with E-state index < -0.39 is 6.43 Å². The number of aryl methyl sites for hydroxylation is 1. The minimum Gasteiger partial charge on any atom is -0.399 e. The van der Waals surface area contributed by atoms with Crippen LogP contribution >= 0.6 is 11.6 Å². The quantitative estimate of drug-likeness (QED) is 0.839. The van der Waals surface area contributed by atoms with Crippen LogP contribution in [0.4, 0.5) is 14.5 Å². The van der Waals surface area contributed by atoms with Crippen molar-refractivity contribution in [1.82, 2.24) is 9.78 Å². The van der Waals surface area contributed by atoms with Crippen LogP contribution in [0.3, 0.4) is 0 Å². The number of hydrogen-bond acceptors (Lipinski definition) is 2. The monoisotopic (exact) mass is 257 g/mol. The van der Waals surface area contributed by atoms with Gasteiger partial charge >= 0.3 is 0 Å². The summed E-state index contributed by atoms with van der Waals surface area (Å²) in [6.45, 7) is 1.71. The molecule has 90 valence electrons. The van der Waals surface area contributed by atoms with E-state index in [1.54, 1.807) is 13.0 Å². The number of anilines is 1. The smallest absolute Gasteiger partial charge is 0.266 e. The molecule has 0 saturated heterocycles. The summed E-state index contributed by atoms with van der Waals surface area (Å²) in [7, 11) is 0. The zero-order valence-electron chi connectivity index (χ0n) is 8.99. The Morgan fingerprint density at radius 2 is 2.12 bits per heavy atom. The topological polar surface area (TPSA) is 43.8 Å². The van der Waals surface area contributed by atoms with Crippen molar-refractivity contribution in [3.63, 3.8) is 0 Å². The van der Waals surface area contributed by atoms with E-state index in [-0.39, 0.29) is 11.3 Å². The van der Waals surface area contributed by atoms with Gasteiger partial charge in [0.05, 0.1) is 16.4 Å². The highest BCUT2D eigenvalue weighted by Crippen LogP contribution is 2.28. The molecule has 0 fully saturated rings. The fraction of sp³-hybridized carbons (Fsp3) is 0.182. The van der Waals surface area contributed by atoms with E-state index in [1.807, 2.05) is 0 Å². The van der Waals surface area contributed by atoms with Gasteiger partial charge in [-0.3, -0.25) is 0 Å². The minimum atomic E-state index is -2.61. The molecule has 1 aromatic heterocycles. The fourth-order valence-electron chi connectivity index (χ4n) is 1.52. The summed E-state index contributed by atoms with van der Waals surface area (Å²) in [5.41, 5.74) is 6.49. The standard InChI is InChI=1S/C11H10ClF2N3/c1-6-9(12)5-17(16-6)10-3-2-7(15)4-8(10)11(13)14/h2-5,11H,15H2,1H3. The summed E-state index contributed by atoms with van der Waals surface area (Å²) in [4.78, 5) is 0. The van der Waals surface area contributed by atoms with Crippen molar-refractivity contribution < 1.29 is 8.78 Å². The summed E-state index contributed by atoms with van der Waals surface area (Å²) >= 11 is 5.85. The molecule has 0 amide bonds. The average molecular weight is 258 g/mol. The molecule has 0 atom stereocenters. The van der Waals surface area contributed by atoms with Gasteiger partial charge in [-0.25, -0.2) is 13.5 Å². The molecule has 0 unspecified atom stereocenters. The van der Waals surface area contributed by atoms with Gasteiger partial charge in [0, 0.05) is 17.4 Å². The number of rotatable bonds is 2. The van der Waals surface area contributed by atoms with Crippen LogP contribution in [0.15, 0.2) is 24.4 Å². The maximum Gasteiger partial charge on any atom is 0.266 e. The molecule has 0 saturated carbocycles. The summed E-state index contributed by atoms with van der Waals surface area (Å²) in [6.07, 6.45) is -1.12. The number of nitrogens with zero attached hydrogens (tertiary/aromatic N) is 2. The van der Waals surface area contributed by atoms with E-state index in [0.29, 0.717) is 16.4 Å². The molecule has 0 spiro atoms. The number of hydrogen-bond donors (Lipinski definition) is 1. The van der Waals surface area contributed by atoms with E-state index in [1.165, 1.54) is 23.0 Å². The Kier molecular flexibility index (Phi) is 3.02. The number of alkyl halides is 2. The third kappa shape index (κ3) is 2.24. The summed E-state index contributed by atoms with van der Waals surface area (Å²) in [5, 5.41) is 4.50. The van der Waals surface area contributed by atoms with Gasteiger partial charge in [0.2, 0.25) is 0 Å². The highest BCUT2D eigenvalue weighted by molar-refractivity contribution is 6.31. The summed E-state index contributed by atoms with van der Waals surface area (Å²) < 4.78 is 27.1. The molecule has 2 aromatic rings. The lowest BCUT2D eigenvalue weighted by molar-refractivity contribution is 0.151. The van der Waals surface area contributed by atoms with Gasteiger partial charge < -0.3 is 5.73 Å². The average Bonchev–Trinajstić information content (AvgIpc) is 2.59. The first-order valence-corrected chi connectivity index (χ1v) is 5.26. The molecule has 0 bridgehead atoms. The predicted molar refractivity (Wildman–Crippen MR) is 62.7 cm³/mol. The second-order valence-electron chi connectivity index (χ2n) is 3.63. The summed E-state index contributed by atoms with van der Waals surface area (Å²) in [5.74, 6) is 0. The van der Waals surface area contributed by atoms with Gasteiger partial charge in [0.1, 0.15) is 0 Å². The first-order valence-electron chi connectivity index (χ1n) is 4.88. The van der Waals surface area contributed by atoms with Gasteiger partial charge in [0.15, 0.2) is 0 Å². The molecule has 1 aromatic carbocycles. The van der Waals surface area contributed by atoms with E-state index in [9.17, 15) is 8.78 Å². The number of halogens is 3. The van der Waals surface area contributed by atoms with Crippen molar-refractivity contribution in [2.24, 2.45) is 0 Å². The van der Waals surface area contributed by atoms with E-state index in [4.69, 9.17) is 17.3 Å². The highest BCUT2D eigenvalue weighted by atomic mass is 35.5. The van der Waals surface area contributed by atoms with E-state index in [0.717, 1.165) is 0 Å². The number of nitrogen functional groups attached to an aromatic ring is 1. The van der Waals surface area contributed by atoms with Crippen LogP contribution in [0.1, 0.15) is 17.7 Å². The van der Waals surface area contributed by atoms with Crippen molar-refractivity contribution in [3.05, 3.63) is 40.7 Å². The minimum absolute atomic E-state index is 0.163. The van der Waals surface area contributed by atoms with Crippen LogP contribution in [-0.4, -0.2) is 9.78 Å². The molecule has 2 rings (SSSR count). The lowest BCUT2D eigenvalue weighted by atomic mass is 10.1. The Hall–Kier alpha value is -1.62. The first kappa shape index (κ1) is 11.9. The molecule has 1 heterocycles. The highest BCUT2D eigenvalue weighted by Gasteiger charge is 2.16. The third-order valence-electron chi connectivity index (χ3n) is 2.37. The molecule has 2 N–H and O–H groups in total. The first-order chi connectivity index (χ1) is 7.99. The molecule has 17 heavy (non-hydrogen) atoms. The fourth-order valence-corrected chi connectivity index (χ4v) is 1.65. The van der Waals surface area contributed by atoms with Gasteiger partial charge in [-0.2, -0.15) is 5.10 Å². The van der Waals surface area contributed by atoms with Crippen molar-refractivity contribution in [1.29, 1.82) is 0 Å². The van der Waals surface area contributed by atoms with Crippen LogP contribution in [0, 0.1) is 6.92 Å². The molecule has 0 aliphatic rings. The molecule has 3 nitrogen and oxygen atoms in total. The van der Waals surface area contributed by atoms with Crippen LogP contribution in [0.5, 0.6) is 0 Å². The Bertz CT molecular complexity index is 532. The Morgan fingerprint density at radius 3 is 2.65 bits per heavy atom. The Balaban J connectivity index is 2.58. The van der Waals surface area contributed by atoms with Gasteiger partial charge in [0.25, 0.3) is 6.43 Å². The molecular weight excluding hydrogens is 248 g/mol. The molecule has 0 aliphatic carbocycles. The predicted octanol–water partition coefficient (Wildman–Crippen LogP) is 3.35. The van der Waals surface area contributed by atoms with Crippen molar-refractivity contribution in [2.45, 2.75) is 13.3 Å². The maximum absolute atomic E-state index is 12.9. The number of nitrogens with two attached hydrogens (primary N) is 1. The zero-order valence-corrected chi connectivity index (χ0v) is 9.75. The van der Waals surface area contributed by atoms with Crippen LogP contribution in [-0.2, 0) is 0 Å². The molecule has 0 radical (unpaired) electrons. The Morgan fingerprint density at radius 1 is 1.41 bits per heavy atom. The Labute approximate surface area is 102 Å². The van der Waals surface area contributed by atoms with Crippen LogP contribution in [0.25, 0.3) is 5.69 Å². The SMILES string of the molecule is Cc1nn(-c2ccc(N)cc2C(F)F)cc1Cl. The maximum atomic E-state index is 12.9. The van der Waals surface area contributed by atoms with Crippen LogP contribution < -0.4 is 5.73 Å². The largest absolute Gasteiger partial charge is 0.399 e. The number of aromatic nitrogens is 2. The molecule has 6 heteroatoms. The third-order valence-corrected chi connectivity index (χ3v) is 2.74. The lowest BCUT2D eigenvalue weighted by Crippen LogP contribution is -2.02. The van der Waals surface area contributed by atoms with E-state index >= 15 is 0 Å². The number of benzene rings is 1. The second kappa shape index (κ2) is 4.33. The van der Waals surface area contributed by atoms with Crippen molar-refractivity contribution in [2.75, 3.05) is 5.73 Å². The van der Waals surface area contributed by atoms with E-state index in [2.05, 4.69) is 5.10 Å². The van der Waals surface area contributed by atoms with Crippen LogP contribution in [0.2, 0.25) is 5.02 Å². The molecule has 0 aliphatic heterocycles. The second-order valence-corrected chi connectivity index (χ2v) is 4.03. The zero-order chi connectivity index (χ0) is 12.6. The van der Waals surface area contributed by atoms with Crippen molar-refractivity contribution >= 4 is 17.3 Å². The van der Waals surface area contributed by atoms with Crippen molar-refractivity contribution in [3.8, 4) is 5.69 Å². The van der Waals surface area contributed by atoms with Gasteiger partial charge in [-0.15, -0.1) is 0 Å². The lowest BCUT2D eigenvalue weighted by Gasteiger charge is -2.09. The normalized spacial score (nSPS) is 11.1. The van der Waals surface area contributed by atoms with Gasteiger partial charge in [-0.1, -0.05) is 11.6 Å². The summed E-state index contributed by atoms with van der Waals surface area (Å²) in [6, 6.07) is 4.29.